The first kappa shape index (κ1) is 19.3. The highest BCUT2D eigenvalue weighted by Crippen LogP contribution is 2.29. The zero-order valence-electron chi connectivity index (χ0n) is 15.1. The first-order valence-corrected chi connectivity index (χ1v) is 9.04. The molecule has 0 saturated carbocycles. The average Bonchev–Trinajstić information content (AvgIpc) is 2.58. The number of hydrogen-bond donors (Lipinski definition) is 1. The second-order valence-corrected chi connectivity index (χ2v) is 6.89. The van der Waals surface area contributed by atoms with E-state index in [1.165, 1.54) is 18.2 Å². The lowest BCUT2D eigenvalue weighted by atomic mass is 10.1. The summed E-state index contributed by atoms with van der Waals surface area (Å²) in [6.07, 6.45) is 0.813. The predicted octanol–water partition coefficient (Wildman–Crippen LogP) is 5.04. The maximum atomic E-state index is 12.0. The molecule has 0 aliphatic carbocycles. The van der Waals surface area contributed by atoms with Gasteiger partial charge in [-0.1, -0.05) is 6.07 Å². The molecule has 0 fully saturated rings. The number of ether oxygens (including phenoxy) is 2. The number of rotatable bonds is 7. The molecule has 2 aromatic carbocycles. The van der Waals surface area contributed by atoms with Crippen molar-refractivity contribution >= 4 is 27.6 Å². The standard InChI is InChI=1S/C20H24BrNO3/c1-13-10-17(20(23)24-4)19(18(21)11-13)22-8-5-9-25-16-7-6-14(2)15(3)12-16/h6-7,10-12,22H,5,8-9H2,1-4H3. The Labute approximate surface area is 157 Å². The molecule has 0 atom stereocenters. The van der Waals surface area contributed by atoms with E-state index in [2.05, 4.69) is 47.2 Å². The van der Waals surface area contributed by atoms with Crippen molar-refractivity contribution in [1.29, 1.82) is 0 Å². The topological polar surface area (TPSA) is 47.6 Å². The van der Waals surface area contributed by atoms with Crippen molar-refractivity contribution in [2.75, 3.05) is 25.6 Å². The fourth-order valence-corrected chi connectivity index (χ4v) is 3.19. The Morgan fingerprint density at radius 3 is 2.56 bits per heavy atom. The summed E-state index contributed by atoms with van der Waals surface area (Å²) in [7, 11) is 1.39. The third-order valence-electron chi connectivity index (χ3n) is 4.01. The van der Waals surface area contributed by atoms with E-state index in [1.54, 1.807) is 0 Å². The molecule has 1 N–H and O–H groups in total. The first-order chi connectivity index (χ1) is 11.9. The van der Waals surface area contributed by atoms with Gasteiger partial charge in [0.2, 0.25) is 0 Å². The van der Waals surface area contributed by atoms with Crippen LogP contribution in [0.4, 0.5) is 5.69 Å². The average molecular weight is 406 g/mol. The van der Waals surface area contributed by atoms with Gasteiger partial charge < -0.3 is 14.8 Å². The molecule has 0 aromatic heterocycles. The van der Waals surface area contributed by atoms with Gasteiger partial charge in [0.15, 0.2) is 0 Å². The highest BCUT2D eigenvalue weighted by molar-refractivity contribution is 9.10. The SMILES string of the molecule is COC(=O)c1cc(C)cc(Br)c1NCCCOc1ccc(C)c(C)c1. The highest BCUT2D eigenvalue weighted by Gasteiger charge is 2.15. The Morgan fingerprint density at radius 1 is 1.12 bits per heavy atom. The summed E-state index contributed by atoms with van der Waals surface area (Å²) >= 11 is 3.51. The molecule has 0 bridgehead atoms. The third kappa shape index (κ3) is 5.23. The van der Waals surface area contributed by atoms with Crippen molar-refractivity contribution in [2.45, 2.75) is 27.2 Å². The summed E-state index contributed by atoms with van der Waals surface area (Å²) in [4.78, 5) is 12.0. The van der Waals surface area contributed by atoms with Crippen molar-refractivity contribution in [3.63, 3.8) is 0 Å². The van der Waals surface area contributed by atoms with Crippen molar-refractivity contribution in [3.05, 3.63) is 57.1 Å². The molecule has 0 aliphatic heterocycles. The second kappa shape index (κ2) is 8.90. The number of methoxy groups -OCH3 is 1. The molecule has 0 spiro atoms. The fourth-order valence-electron chi connectivity index (χ4n) is 2.47. The molecular weight excluding hydrogens is 382 g/mol. The van der Waals surface area contributed by atoms with Gasteiger partial charge in [-0.3, -0.25) is 0 Å². The summed E-state index contributed by atoms with van der Waals surface area (Å²) in [6, 6.07) is 9.90. The molecular formula is C20H24BrNO3. The number of carbonyl (C=O) groups excluding carboxylic acids is 1. The van der Waals surface area contributed by atoms with Gasteiger partial charge >= 0.3 is 5.97 Å². The van der Waals surface area contributed by atoms with Gasteiger partial charge in [-0.05, 0) is 84.1 Å². The minimum atomic E-state index is -0.349. The van der Waals surface area contributed by atoms with E-state index in [1.807, 2.05) is 25.1 Å². The predicted molar refractivity (Wildman–Crippen MR) is 105 cm³/mol. The quantitative estimate of drug-likeness (QED) is 0.517. The Morgan fingerprint density at radius 2 is 1.88 bits per heavy atom. The normalized spacial score (nSPS) is 10.4. The number of esters is 1. The molecule has 5 heteroatoms. The van der Waals surface area contributed by atoms with Crippen LogP contribution in [0.25, 0.3) is 0 Å². The van der Waals surface area contributed by atoms with Crippen LogP contribution in [0.3, 0.4) is 0 Å². The molecule has 134 valence electrons. The Bertz CT molecular complexity index is 759. The zero-order valence-corrected chi connectivity index (χ0v) is 16.7. The van der Waals surface area contributed by atoms with Crippen LogP contribution < -0.4 is 10.1 Å². The van der Waals surface area contributed by atoms with Crippen molar-refractivity contribution in [3.8, 4) is 5.75 Å². The minimum absolute atomic E-state index is 0.349. The van der Waals surface area contributed by atoms with Gasteiger partial charge in [0.05, 0.1) is 25.0 Å². The van der Waals surface area contributed by atoms with E-state index < -0.39 is 0 Å². The summed E-state index contributed by atoms with van der Waals surface area (Å²) in [5.41, 5.74) is 4.76. The van der Waals surface area contributed by atoms with E-state index in [0.717, 1.165) is 27.9 Å². The van der Waals surface area contributed by atoms with Crippen molar-refractivity contribution in [1.82, 2.24) is 0 Å². The van der Waals surface area contributed by atoms with E-state index in [4.69, 9.17) is 9.47 Å². The number of hydrogen-bond acceptors (Lipinski definition) is 4. The second-order valence-electron chi connectivity index (χ2n) is 6.04. The Hall–Kier alpha value is -2.01. The maximum absolute atomic E-state index is 12.0. The van der Waals surface area contributed by atoms with Crippen LogP contribution in [0, 0.1) is 20.8 Å². The van der Waals surface area contributed by atoms with Gasteiger partial charge in [-0.2, -0.15) is 0 Å². The summed E-state index contributed by atoms with van der Waals surface area (Å²) in [5, 5.41) is 3.30. The third-order valence-corrected chi connectivity index (χ3v) is 4.64. The van der Waals surface area contributed by atoms with Crippen molar-refractivity contribution < 1.29 is 14.3 Å². The van der Waals surface area contributed by atoms with Crippen LogP contribution >= 0.6 is 15.9 Å². The number of halogens is 1. The van der Waals surface area contributed by atoms with Crippen LogP contribution in [0.1, 0.15) is 33.5 Å². The molecule has 0 saturated heterocycles. The van der Waals surface area contributed by atoms with Crippen molar-refractivity contribution in [2.24, 2.45) is 0 Å². The molecule has 2 aromatic rings. The van der Waals surface area contributed by atoms with Crippen LogP contribution in [0.5, 0.6) is 5.75 Å². The van der Waals surface area contributed by atoms with E-state index in [0.29, 0.717) is 18.7 Å². The lowest BCUT2D eigenvalue weighted by Gasteiger charge is -2.14. The zero-order chi connectivity index (χ0) is 18.4. The summed E-state index contributed by atoms with van der Waals surface area (Å²) in [5.74, 6) is 0.535. The highest BCUT2D eigenvalue weighted by atomic mass is 79.9. The first-order valence-electron chi connectivity index (χ1n) is 8.24. The lowest BCUT2D eigenvalue weighted by molar-refractivity contribution is 0.0601. The van der Waals surface area contributed by atoms with Gasteiger partial charge in [-0.15, -0.1) is 0 Å². The van der Waals surface area contributed by atoms with Gasteiger partial charge in [0, 0.05) is 11.0 Å². The van der Waals surface area contributed by atoms with Crippen LogP contribution in [-0.2, 0) is 4.74 Å². The van der Waals surface area contributed by atoms with Gasteiger partial charge in [0.25, 0.3) is 0 Å². The number of benzene rings is 2. The molecule has 2 rings (SSSR count). The van der Waals surface area contributed by atoms with Gasteiger partial charge in [-0.25, -0.2) is 4.79 Å². The number of carbonyl (C=O) groups is 1. The number of nitrogens with one attached hydrogen (secondary N) is 1. The molecule has 0 radical (unpaired) electrons. The molecule has 0 heterocycles. The maximum Gasteiger partial charge on any atom is 0.340 e. The smallest absolute Gasteiger partial charge is 0.340 e. The molecule has 0 amide bonds. The molecule has 4 nitrogen and oxygen atoms in total. The Balaban J connectivity index is 1.91. The summed E-state index contributed by atoms with van der Waals surface area (Å²) in [6.45, 7) is 7.40. The number of aryl methyl sites for hydroxylation is 3. The molecule has 0 aliphatic rings. The summed E-state index contributed by atoms with van der Waals surface area (Å²) < 4.78 is 11.5. The molecule has 0 unspecified atom stereocenters. The Kier molecular flexibility index (Phi) is 6.88. The van der Waals surface area contributed by atoms with Crippen LogP contribution in [0.15, 0.2) is 34.8 Å². The lowest BCUT2D eigenvalue weighted by Crippen LogP contribution is -2.12. The fraction of sp³-hybridized carbons (Fsp3) is 0.350. The monoisotopic (exact) mass is 405 g/mol. The largest absolute Gasteiger partial charge is 0.494 e. The minimum Gasteiger partial charge on any atom is -0.494 e. The van der Waals surface area contributed by atoms with E-state index in [9.17, 15) is 4.79 Å². The van der Waals surface area contributed by atoms with E-state index in [-0.39, 0.29) is 5.97 Å². The number of anilines is 1. The van der Waals surface area contributed by atoms with E-state index >= 15 is 0 Å². The van der Waals surface area contributed by atoms with Crippen LogP contribution in [-0.4, -0.2) is 26.2 Å². The van der Waals surface area contributed by atoms with Crippen LogP contribution in [0.2, 0.25) is 0 Å². The molecule has 25 heavy (non-hydrogen) atoms. The van der Waals surface area contributed by atoms with Gasteiger partial charge in [0.1, 0.15) is 5.75 Å².